The zero-order chi connectivity index (χ0) is 15.6. The van der Waals surface area contributed by atoms with E-state index in [1.165, 1.54) is 0 Å². The molecule has 1 fully saturated rings. The van der Waals surface area contributed by atoms with Crippen molar-refractivity contribution in [3.63, 3.8) is 0 Å². The highest BCUT2D eigenvalue weighted by atomic mass is 35.5. The van der Waals surface area contributed by atoms with E-state index in [0.717, 1.165) is 25.7 Å². The molecule has 0 saturated heterocycles. The van der Waals surface area contributed by atoms with E-state index in [-0.39, 0.29) is 38.3 Å². The number of nitrogens with two attached hydrogens (primary N) is 1. The molecule has 1 aromatic rings. The van der Waals surface area contributed by atoms with Gasteiger partial charge in [0.05, 0.1) is 31.9 Å². The van der Waals surface area contributed by atoms with Crippen molar-refractivity contribution in [2.75, 3.05) is 5.32 Å². The molecule has 2 rings (SSSR count). The third-order valence-electron chi connectivity index (χ3n) is 3.69. The monoisotopic (exact) mass is 342 g/mol. The highest BCUT2D eigenvalue weighted by Crippen LogP contribution is 2.42. The van der Waals surface area contributed by atoms with Crippen molar-refractivity contribution in [1.29, 1.82) is 10.5 Å². The van der Waals surface area contributed by atoms with Gasteiger partial charge < -0.3 is 11.1 Å². The smallest absolute Gasteiger partial charge is 0.103 e. The molecule has 0 heterocycles. The van der Waals surface area contributed by atoms with Gasteiger partial charge in [-0.25, -0.2) is 0 Å². The third kappa shape index (κ3) is 3.05. The Labute approximate surface area is 138 Å². The van der Waals surface area contributed by atoms with Gasteiger partial charge in [0.25, 0.3) is 0 Å². The quantitative estimate of drug-likeness (QED) is 0.792. The Balaban J connectivity index is 2.49. The Hall–Kier alpha value is -1.17. The van der Waals surface area contributed by atoms with E-state index in [0.29, 0.717) is 5.69 Å². The van der Waals surface area contributed by atoms with Crippen molar-refractivity contribution in [3.05, 3.63) is 26.2 Å². The molecule has 1 aromatic carbocycles. The largest absolute Gasteiger partial charge is 0.378 e. The first kappa shape index (κ1) is 16.2. The number of rotatable bonds is 2. The second-order valence-corrected chi connectivity index (χ2v) is 6.12. The summed E-state index contributed by atoms with van der Waals surface area (Å²) in [6, 6.07) is 3.83. The maximum atomic E-state index is 9.31. The average molecular weight is 344 g/mol. The van der Waals surface area contributed by atoms with Crippen molar-refractivity contribution in [2.24, 2.45) is 5.73 Å². The predicted octanol–water partition coefficient (Wildman–Crippen LogP) is 4.07. The van der Waals surface area contributed by atoms with Gasteiger partial charge in [0, 0.05) is 12.1 Å². The van der Waals surface area contributed by atoms with Crippen LogP contribution >= 0.6 is 34.8 Å². The van der Waals surface area contributed by atoms with Crippen LogP contribution < -0.4 is 11.1 Å². The second-order valence-electron chi connectivity index (χ2n) is 4.99. The lowest BCUT2D eigenvalue weighted by Crippen LogP contribution is -2.42. The number of benzene rings is 1. The van der Waals surface area contributed by atoms with Gasteiger partial charge in [-0.2, -0.15) is 10.5 Å². The van der Waals surface area contributed by atoms with Gasteiger partial charge in [-0.1, -0.05) is 47.6 Å². The fourth-order valence-electron chi connectivity index (χ4n) is 2.52. The van der Waals surface area contributed by atoms with Crippen molar-refractivity contribution >= 4 is 40.5 Å². The summed E-state index contributed by atoms with van der Waals surface area (Å²) in [6.07, 6.45) is 3.95. The van der Waals surface area contributed by atoms with Crippen LogP contribution in [0.1, 0.15) is 36.8 Å². The van der Waals surface area contributed by atoms with Crippen LogP contribution in [0.5, 0.6) is 0 Å². The number of halogens is 3. The van der Waals surface area contributed by atoms with Crippen LogP contribution in [0.4, 0.5) is 5.69 Å². The van der Waals surface area contributed by atoms with Gasteiger partial charge in [-0.3, -0.25) is 0 Å². The zero-order valence-electron chi connectivity index (χ0n) is 11.1. The molecule has 4 nitrogen and oxygen atoms in total. The Morgan fingerprint density at radius 1 is 0.952 bits per heavy atom. The normalized spacial score (nSPS) is 21.4. The predicted molar refractivity (Wildman–Crippen MR) is 84.8 cm³/mol. The third-order valence-corrected chi connectivity index (χ3v) is 4.92. The first-order valence-corrected chi connectivity index (χ1v) is 7.67. The van der Waals surface area contributed by atoms with Crippen LogP contribution in [0, 0.1) is 22.7 Å². The summed E-state index contributed by atoms with van der Waals surface area (Å²) in [5.41, 5.74) is 6.59. The fourth-order valence-corrected chi connectivity index (χ4v) is 3.32. The molecule has 21 heavy (non-hydrogen) atoms. The summed E-state index contributed by atoms with van der Waals surface area (Å²) < 4.78 is 0. The van der Waals surface area contributed by atoms with E-state index in [4.69, 9.17) is 45.8 Å². The number of nitrogens with one attached hydrogen (secondary N) is 1. The second kappa shape index (κ2) is 6.73. The molecule has 7 heteroatoms. The summed E-state index contributed by atoms with van der Waals surface area (Å²) in [6.45, 7) is 0. The van der Waals surface area contributed by atoms with Crippen molar-refractivity contribution < 1.29 is 0 Å². The van der Waals surface area contributed by atoms with E-state index in [9.17, 15) is 5.26 Å². The average Bonchev–Trinajstić information content (AvgIpc) is 2.47. The van der Waals surface area contributed by atoms with Crippen LogP contribution in [0.25, 0.3) is 0 Å². The standard InChI is InChI=1S/C14H13Cl3N4/c15-11-7(5-18)12(16)13(17)14(8(11)6-19)21-10-4-2-1-3-9(10)20/h9-10,21H,1-4,20H2/t9-,10-/m1/s1. The summed E-state index contributed by atoms with van der Waals surface area (Å²) in [4.78, 5) is 0. The van der Waals surface area contributed by atoms with Crippen molar-refractivity contribution in [1.82, 2.24) is 0 Å². The summed E-state index contributed by atoms with van der Waals surface area (Å²) in [5, 5.41) is 21.8. The van der Waals surface area contributed by atoms with Crippen LogP contribution in [0.15, 0.2) is 0 Å². The lowest BCUT2D eigenvalue weighted by molar-refractivity contribution is 0.404. The number of nitriles is 2. The molecular formula is C14H13Cl3N4. The van der Waals surface area contributed by atoms with Crippen LogP contribution in [0.2, 0.25) is 15.1 Å². The van der Waals surface area contributed by atoms with Gasteiger partial charge in [-0.15, -0.1) is 0 Å². The summed E-state index contributed by atoms with van der Waals surface area (Å²) >= 11 is 18.4. The van der Waals surface area contributed by atoms with E-state index < -0.39 is 0 Å². The highest BCUT2D eigenvalue weighted by Gasteiger charge is 2.26. The summed E-state index contributed by atoms with van der Waals surface area (Å²) in [7, 11) is 0. The number of nitrogens with zero attached hydrogens (tertiary/aromatic N) is 2. The van der Waals surface area contributed by atoms with E-state index in [2.05, 4.69) is 5.32 Å². The Bertz CT molecular complexity index is 645. The maximum Gasteiger partial charge on any atom is 0.103 e. The lowest BCUT2D eigenvalue weighted by atomic mass is 9.90. The molecule has 0 bridgehead atoms. The van der Waals surface area contributed by atoms with E-state index in [1.54, 1.807) is 0 Å². The molecule has 0 aliphatic heterocycles. The minimum absolute atomic E-state index is 0.00317. The topological polar surface area (TPSA) is 85.6 Å². The molecule has 1 aliphatic rings. The number of anilines is 1. The van der Waals surface area contributed by atoms with Crippen molar-refractivity contribution in [2.45, 2.75) is 37.8 Å². The Morgan fingerprint density at radius 2 is 1.57 bits per heavy atom. The van der Waals surface area contributed by atoms with Gasteiger partial charge in [-0.05, 0) is 12.8 Å². The van der Waals surface area contributed by atoms with Gasteiger partial charge in [0.15, 0.2) is 0 Å². The van der Waals surface area contributed by atoms with Crippen LogP contribution in [-0.2, 0) is 0 Å². The van der Waals surface area contributed by atoms with E-state index in [1.807, 2.05) is 12.1 Å². The molecule has 0 amide bonds. The first-order chi connectivity index (χ1) is 10.0. The minimum Gasteiger partial charge on any atom is -0.378 e. The molecule has 0 aromatic heterocycles. The SMILES string of the molecule is N#Cc1c(Cl)c(Cl)c(N[C@@H]2CCCC[C@H]2N)c(C#N)c1Cl. The Morgan fingerprint density at radius 3 is 2.14 bits per heavy atom. The molecule has 1 saturated carbocycles. The van der Waals surface area contributed by atoms with Gasteiger partial charge in [0.2, 0.25) is 0 Å². The fraction of sp³-hybridized carbons (Fsp3) is 0.429. The zero-order valence-corrected chi connectivity index (χ0v) is 13.4. The van der Waals surface area contributed by atoms with Gasteiger partial charge in [0.1, 0.15) is 12.1 Å². The molecule has 110 valence electrons. The molecular weight excluding hydrogens is 331 g/mol. The maximum absolute atomic E-state index is 9.31. The highest BCUT2D eigenvalue weighted by molar-refractivity contribution is 6.46. The van der Waals surface area contributed by atoms with E-state index >= 15 is 0 Å². The lowest BCUT2D eigenvalue weighted by Gasteiger charge is -2.31. The Kier molecular flexibility index (Phi) is 5.19. The van der Waals surface area contributed by atoms with Gasteiger partial charge >= 0.3 is 0 Å². The van der Waals surface area contributed by atoms with Crippen LogP contribution in [0.3, 0.4) is 0 Å². The first-order valence-electron chi connectivity index (χ1n) is 6.54. The minimum atomic E-state index is -0.0189. The number of hydrogen-bond acceptors (Lipinski definition) is 4. The number of hydrogen-bond donors (Lipinski definition) is 2. The molecule has 3 N–H and O–H groups in total. The molecule has 0 spiro atoms. The van der Waals surface area contributed by atoms with Crippen LogP contribution in [-0.4, -0.2) is 12.1 Å². The molecule has 2 atom stereocenters. The molecule has 0 unspecified atom stereocenters. The van der Waals surface area contributed by atoms with Crippen molar-refractivity contribution in [3.8, 4) is 12.1 Å². The molecule has 1 aliphatic carbocycles. The molecule has 0 radical (unpaired) electrons. The summed E-state index contributed by atoms with van der Waals surface area (Å²) in [5.74, 6) is 0.